The molecule has 73 heavy (non-hydrogen) atoms. The van der Waals surface area contributed by atoms with E-state index in [0.717, 1.165) is 89.9 Å². The summed E-state index contributed by atoms with van der Waals surface area (Å²) in [5.74, 6) is -0.648. The Morgan fingerprint density at radius 1 is 0.493 bits per heavy atom. The van der Waals surface area contributed by atoms with Gasteiger partial charge in [0.1, 0.15) is 19.3 Å². The molecular formula is C63H108N2O7P+. The normalized spacial score (nSPS) is 14.7. The quantitative estimate of drug-likeness (QED) is 0.0205. The minimum absolute atomic E-state index is 0.0150. The van der Waals surface area contributed by atoms with Gasteiger partial charge in [0.15, 0.2) is 0 Å². The Kier molecular flexibility index (Phi) is 49.3. The van der Waals surface area contributed by atoms with Crippen LogP contribution in [-0.4, -0.2) is 74.3 Å². The lowest BCUT2D eigenvalue weighted by Crippen LogP contribution is -2.47. The highest BCUT2D eigenvalue weighted by Crippen LogP contribution is 2.43. The van der Waals surface area contributed by atoms with Crippen molar-refractivity contribution in [1.29, 1.82) is 0 Å². The molecule has 0 fully saturated rings. The van der Waals surface area contributed by atoms with Gasteiger partial charge in [-0.05, 0) is 109 Å². The minimum atomic E-state index is -4.48. The van der Waals surface area contributed by atoms with Crippen molar-refractivity contribution in [3.05, 3.63) is 122 Å². The number of unbranched alkanes of at least 4 members (excludes halogenated alkanes) is 16. The van der Waals surface area contributed by atoms with E-state index in [2.05, 4.69) is 123 Å². The number of carbonyl (C=O) groups is 2. The molecule has 416 valence electrons. The fourth-order valence-electron chi connectivity index (χ4n) is 7.44. The zero-order chi connectivity index (χ0) is 53.6. The average Bonchev–Trinajstić information content (AvgIpc) is 3.35. The molecule has 0 aliphatic rings. The first kappa shape index (κ1) is 69.4. The number of carbonyl (C=O) groups excluding carboxylic acids is 2. The van der Waals surface area contributed by atoms with E-state index in [1.165, 1.54) is 77.0 Å². The maximum Gasteiger partial charge on any atom is 0.472 e. The molecule has 0 aliphatic heterocycles. The van der Waals surface area contributed by atoms with Crippen LogP contribution in [0, 0.1) is 0 Å². The molecule has 0 aromatic carbocycles. The summed E-state index contributed by atoms with van der Waals surface area (Å²) >= 11 is 0. The van der Waals surface area contributed by atoms with E-state index in [0.29, 0.717) is 23.9 Å². The molecule has 1 amide bonds. The topological polar surface area (TPSA) is 111 Å². The van der Waals surface area contributed by atoms with Gasteiger partial charge in [-0.1, -0.05) is 213 Å². The number of quaternary nitrogens is 1. The number of amides is 1. The van der Waals surface area contributed by atoms with Gasteiger partial charge in [0, 0.05) is 12.8 Å². The summed E-state index contributed by atoms with van der Waals surface area (Å²) in [4.78, 5) is 37.5. The summed E-state index contributed by atoms with van der Waals surface area (Å²) in [6.07, 6.45) is 72.1. The van der Waals surface area contributed by atoms with Crippen LogP contribution < -0.4 is 5.32 Å². The first-order chi connectivity index (χ1) is 35.4. The van der Waals surface area contributed by atoms with Crippen LogP contribution in [0.25, 0.3) is 0 Å². The summed E-state index contributed by atoms with van der Waals surface area (Å²) in [6, 6.07) is -0.909. The highest BCUT2D eigenvalue weighted by atomic mass is 31.2. The molecule has 0 aromatic heterocycles. The van der Waals surface area contributed by atoms with Crippen molar-refractivity contribution in [2.24, 2.45) is 0 Å². The molecule has 3 atom stereocenters. The Morgan fingerprint density at radius 3 is 1.37 bits per heavy atom. The Morgan fingerprint density at radius 2 is 0.890 bits per heavy atom. The summed E-state index contributed by atoms with van der Waals surface area (Å²) < 4.78 is 30.5. The number of esters is 1. The number of phosphoric ester groups is 1. The molecule has 0 aliphatic carbocycles. The minimum Gasteiger partial charge on any atom is -0.456 e. The molecule has 0 bridgehead atoms. The van der Waals surface area contributed by atoms with Crippen LogP contribution in [0.2, 0.25) is 0 Å². The number of ether oxygens (including phenoxy) is 1. The molecular weight excluding hydrogens is 928 g/mol. The number of phosphoric acid groups is 1. The maximum absolute atomic E-state index is 13.5. The largest absolute Gasteiger partial charge is 0.472 e. The Balaban J connectivity index is 5.52. The number of nitrogens with zero attached hydrogens (tertiary/aromatic N) is 1. The van der Waals surface area contributed by atoms with Crippen molar-refractivity contribution in [2.75, 3.05) is 40.9 Å². The van der Waals surface area contributed by atoms with Crippen LogP contribution in [0.5, 0.6) is 0 Å². The molecule has 0 aromatic rings. The predicted molar refractivity (Wildman–Crippen MR) is 313 cm³/mol. The lowest BCUT2D eigenvalue weighted by atomic mass is 10.1. The number of nitrogens with one attached hydrogen (secondary N) is 1. The highest BCUT2D eigenvalue weighted by Gasteiger charge is 2.30. The third-order valence-electron chi connectivity index (χ3n) is 11.9. The van der Waals surface area contributed by atoms with Crippen LogP contribution in [-0.2, 0) is 27.9 Å². The van der Waals surface area contributed by atoms with E-state index in [4.69, 9.17) is 13.8 Å². The predicted octanol–water partition coefficient (Wildman–Crippen LogP) is 17.5. The van der Waals surface area contributed by atoms with Gasteiger partial charge in [-0.2, -0.15) is 0 Å². The van der Waals surface area contributed by atoms with Crippen molar-refractivity contribution in [3.63, 3.8) is 0 Å². The molecule has 0 saturated carbocycles. The molecule has 2 N–H and O–H groups in total. The molecule has 0 radical (unpaired) electrons. The van der Waals surface area contributed by atoms with Gasteiger partial charge in [-0.25, -0.2) is 4.57 Å². The van der Waals surface area contributed by atoms with Gasteiger partial charge in [-0.15, -0.1) is 0 Å². The summed E-state index contributed by atoms with van der Waals surface area (Å²) in [5.41, 5.74) is 0. The van der Waals surface area contributed by atoms with Crippen molar-refractivity contribution in [2.45, 2.75) is 226 Å². The maximum atomic E-state index is 13.5. The number of hydrogen-bond acceptors (Lipinski definition) is 6. The van der Waals surface area contributed by atoms with Gasteiger partial charge < -0.3 is 19.4 Å². The second-order valence-electron chi connectivity index (χ2n) is 20.1. The molecule has 0 spiro atoms. The molecule has 3 unspecified atom stereocenters. The van der Waals surface area contributed by atoms with Crippen LogP contribution in [0.15, 0.2) is 122 Å². The number of likely N-dealkylation sites (N-methyl/N-ethyl adjacent to an activating group) is 1. The lowest BCUT2D eigenvalue weighted by Gasteiger charge is -2.27. The average molecular weight is 1040 g/mol. The van der Waals surface area contributed by atoms with E-state index in [-0.39, 0.29) is 37.9 Å². The van der Waals surface area contributed by atoms with Crippen molar-refractivity contribution in [1.82, 2.24) is 5.32 Å². The van der Waals surface area contributed by atoms with Gasteiger partial charge in [0.2, 0.25) is 5.91 Å². The summed E-state index contributed by atoms with van der Waals surface area (Å²) in [7, 11) is 1.41. The zero-order valence-corrected chi connectivity index (χ0v) is 48.2. The number of rotatable bonds is 50. The lowest BCUT2D eigenvalue weighted by molar-refractivity contribution is -0.870. The van der Waals surface area contributed by atoms with Gasteiger partial charge in [-0.3, -0.25) is 18.6 Å². The Hall–Kier alpha value is -3.59. The van der Waals surface area contributed by atoms with E-state index in [9.17, 15) is 19.0 Å². The zero-order valence-electron chi connectivity index (χ0n) is 47.3. The fraction of sp³-hybridized carbons (Fsp3) is 0.651. The second-order valence-corrected chi connectivity index (χ2v) is 21.5. The summed E-state index contributed by atoms with van der Waals surface area (Å²) in [5, 5.41) is 2.99. The van der Waals surface area contributed by atoms with Crippen LogP contribution >= 0.6 is 7.82 Å². The monoisotopic (exact) mass is 1040 g/mol. The highest BCUT2D eigenvalue weighted by molar-refractivity contribution is 7.47. The van der Waals surface area contributed by atoms with E-state index >= 15 is 0 Å². The number of allylic oxidation sites excluding steroid dienone is 19. The third-order valence-corrected chi connectivity index (χ3v) is 12.9. The molecule has 0 saturated heterocycles. The van der Waals surface area contributed by atoms with Gasteiger partial charge >= 0.3 is 13.8 Å². The smallest absolute Gasteiger partial charge is 0.456 e. The van der Waals surface area contributed by atoms with E-state index in [1.54, 1.807) is 0 Å². The Labute approximate surface area is 448 Å². The molecule has 0 rings (SSSR count). The van der Waals surface area contributed by atoms with E-state index in [1.807, 2.05) is 45.4 Å². The van der Waals surface area contributed by atoms with Crippen molar-refractivity contribution < 1.29 is 37.3 Å². The molecule has 0 heterocycles. The van der Waals surface area contributed by atoms with E-state index < -0.39 is 20.0 Å². The Bertz CT molecular complexity index is 1660. The standard InChI is InChI=1S/C63H107N2O7P/c1-7-10-13-16-19-22-25-28-30-32-33-34-36-38-41-44-47-50-53-56-63(67)72-61(54-51-48-45-42-39-27-24-21-18-15-12-9-3)60(59-71-73(68,69)70-58-57-65(4,5)6)64-62(66)55-52-49-46-43-40-37-35-31-29-26-23-20-17-14-11-8-2/h11,14,19-20,22-23,28-31,33-34,37-38,40-41,46,49,51,54,60-61H,7-10,12-13,15-18,21,24-27,32,35-36,39,42-45,47-48,50,52-53,55-59H2,1-6H3,(H-,64,66,68,69)/p+1/b14-11+,22-19-,23-20+,30-28-,31-29+,34-33-,40-37+,41-38-,49-46+,54-51+. The second kappa shape index (κ2) is 51.9. The first-order valence-electron chi connectivity index (χ1n) is 28.9. The van der Waals surface area contributed by atoms with Gasteiger partial charge in [0.25, 0.3) is 0 Å². The van der Waals surface area contributed by atoms with Gasteiger partial charge in [0.05, 0.1) is 33.8 Å². The third kappa shape index (κ3) is 53.1. The summed E-state index contributed by atoms with van der Waals surface area (Å²) in [6.45, 7) is 6.76. The number of hydrogen-bond donors (Lipinski definition) is 2. The van der Waals surface area contributed by atoms with Crippen molar-refractivity contribution >= 4 is 19.7 Å². The van der Waals surface area contributed by atoms with Crippen molar-refractivity contribution in [3.8, 4) is 0 Å². The molecule has 10 heteroatoms. The first-order valence-corrected chi connectivity index (χ1v) is 30.4. The fourth-order valence-corrected chi connectivity index (χ4v) is 8.17. The van der Waals surface area contributed by atoms with Crippen LogP contribution in [0.3, 0.4) is 0 Å². The van der Waals surface area contributed by atoms with Crippen LogP contribution in [0.4, 0.5) is 0 Å². The molecule has 9 nitrogen and oxygen atoms in total. The van der Waals surface area contributed by atoms with Crippen LogP contribution in [0.1, 0.15) is 213 Å². The SMILES string of the molecule is CC/C=C/C/C=C/C/C=C/C/C=C/C/C=C/CCC(=O)NC(COP(=O)(O)OCC[N+](C)(C)C)C(/C=C/CCCCCCCCCCCC)OC(=O)CCCCC/C=C\C/C=C\C/C=C\C/C=C\CCCCC.